The number of pyridine rings is 1. The first kappa shape index (κ1) is 13.6. The molecule has 0 aliphatic rings. The maximum Gasteiger partial charge on any atom is 0.129 e. The quantitative estimate of drug-likeness (QED) is 0.868. The minimum atomic E-state index is -0.861. The van der Waals surface area contributed by atoms with E-state index in [1.807, 2.05) is 19.1 Å². The molecule has 0 bridgehead atoms. The van der Waals surface area contributed by atoms with Crippen molar-refractivity contribution < 1.29 is 9.50 Å². The lowest BCUT2D eigenvalue weighted by atomic mass is 10.1. The summed E-state index contributed by atoms with van der Waals surface area (Å²) < 4.78 is 13.5. The highest BCUT2D eigenvalue weighted by atomic mass is 19.1. The van der Waals surface area contributed by atoms with E-state index in [0.29, 0.717) is 5.56 Å². The van der Waals surface area contributed by atoms with Gasteiger partial charge in [0.15, 0.2) is 0 Å². The van der Waals surface area contributed by atoms with Crippen molar-refractivity contribution in [1.82, 2.24) is 10.3 Å². The van der Waals surface area contributed by atoms with Crippen molar-refractivity contribution in [3.63, 3.8) is 0 Å². The van der Waals surface area contributed by atoms with Crippen LogP contribution in [0.5, 0.6) is 0 Å². The van der Waals surface area contributed by atoms with Crippen LogP contribution in [0.25, 0.3) is 0 Å². The molecule has 0 radical (unpaired) electrons. The summed E-state index contributed by atoms with van der Waals surface area (Å²) in [6, 6.07) is 10.1. The molecular formula is C15H17FN2O. The molecule has 19 heavy (non-hydrogen) atoms. The van der Waals surface area contributed by atoms with E-state index in [1.54, 1.807) is 30.6 Å². The van der Waals surface area contributed by atoms with Crippen LogP contribution in [0, 0.1) is 5.82 Å². The number of rotatable bonds is 5. The number of hydrogen-bond acceptors (Lipinski definition) is 3. The number of aliphatic hydroxyl groups is 1. The Labute approximate surface area is 112 Å². The molecule has 0 spiro atoms. The average Bonchev–Trinajstić information content (AvgIpc) is 2.46. The fourth-order valence-electron chi connectivity index (χ4n) is 1.89. The monoisotopic (exact) mass is 260 g/mol. The molecule has 4 heteroatoms. The summed E-state index contributed by atoms with van der Waals surface area (Å²) in [4.78, 5) is 4.04. The van der Waals surface area contributed by atoms with E-state index in [1.165, 1.54) is 6.07 Å². The maximum absolute atomic E-state index is 13.5. The van der Waals surface area contributed by atoms with Crippen molar-refractivity contribution in [2.24, 2.45) is 0 Å². The standard InChI is InChI=1S/C15H17FN2O/c1-11(12-5-4-8-17-9-12)18-10-15(19)13-6-2-3-7-14(13)16/h2-9,11,15,18-19H,10H2,1H3. The van der Waals surface area contributed by atoms with Crippen molar-refractivity contribution in [3.8, 4) is 0 Å². The van der Waals surface area contributed by atoms with Gasteiger partial charge in [-0.15, -0.1) is 0 Å². The molecule has 0 aliphatic carbocycles. The molecule has 0 amide bonds. The van der Waals surface area contributed by atoms with E-state index in [9.17, 15) is 9.50 Å². The third-order valence-corrected chi connectivity index (χ3v) is 3.07. The molecule has 0 aliphatic heterocycles. The Morgan fingerprint density at radius 3 is 2.74 bits per heavy atom. The zero-order valence-corrected chi connectivity index (χ0v) is 10.8. The second-order valence-electron chi connectivity index (χ2n) is 4.45. The van der Waals surface area contributed by atoms with Gasteiger partial charge in [-0.2, -0.15) is 0 Å². The summed E-state index contributed by atoms with van der Waals surface area (Å²) in [5.74, 6) is -0.383. The largest absolute Gasteiger partial charge is 0.387 e. The topological polar surface area (TPSA) is 45.1 Å². The van der Waals surface area contributed by atoms with Gasteiger partial charge in [-0.1, -0.05) is 24.3 Å². The van der Waals surface area contributed by atoms with Gasteiger partial charge in [-0.25, -0.2) is 4.39 Å². The van der Waals surface area contributed by atoms with Crippen molar-refractivity contribution in [1.29, 1.82) is 0 Å². The van der Waals surface area contributed by atoms with Gasteiger partial charge in [-0.05, 0) is 24.6 Å². The van der Waals surface area contributed by atoms with Gasteiger partial charge in [0.05, 0.1) is 6.10 Å². The lowest BCUT2D eigenvalue weighted by Gasteiger charge is -2.17. The highest BCUT2D eigenvalue weighted by molar-refractivity contribution is 5.20. The lowest BCUT2D eigenvalue weighted by molar-refractivity contribution is 0.166. The number of nitrogens with one attached hydrogen (secondary N) is 1. The normalized spacial score (nSPS) is 14.1. The van der Waals surface area contributed by atoms with Gasteiger partial charge in [0.2, 0.25) is 0 Å². The number of nitrogens with zero attached hydrogens (tertiary/aromatic N) is 1. The minimum absolute atomic E-state index is 0.0510. The van der Waals surface area contributed by atoms with Crippen molar-refractivity contribution >= 4 is 0 Å². The lowest BCUT2D eigenvalue weighted by Crippen LogP contribution is -2.25. The first-order chi connectivity index (χ1) is 9.18. The summed E-state index contributed by atoms with van der Waals surface area (Å²) in [7, 11) is 0. The first-order valence-electron chi connectivity index (χ1n) is 6.24. The predicted octanol–water partition coefficient (Wildman–Crippen LogP) is 2.60. The minimum Gasteiger partial charge on any atom is -0.387 e. The van der Waals surface area contributed by atoms with Crippen molar-refractivity contribution in [3.05, 3.63) is 65.7 Å². The third-order valence-electron chi connectivity index (χ3n) is 3.07. The predicted molar refractivity (Wildman–Crippen MR) is 72.0 cm³/mol. The molecule has 2 rings (SSSR count). The van der Waals surface area contributed by atoms with Crippen LogP contribution in [0.4, 0.5) is 4.39 Å². The fraction of sp³-hybridized carbons (Fsp3) is 0.267. The Bertz CT molecular complexity index is 519. The highest BCUT2D eigenvalue weighted by Crippen LogP contribution is 2.17. The molecule has 3 nitrogen and oxygen atoms in total. The van der Waals surface area contributed by atoms with Gasteiger partial charge in [0, 0.05) is 30.5 Å². The number of hydrogen-bond donors (Lipinski definition) is 2. The van der Waals surface area contributed by atoms with E-state index in [2.05, 4.69) is 10.3 Å². The molecule has 0 saturated carbocycles. The van der Waals surface area contributed by atoms with Crippen molar-refractivity contribution in [2.75, 3.05) is 6.54 Å². The Hall–Kier alpha value is -1.78. The van der Waals surface area contributed by atoms with Gasteiger partial charge in [-0.3, -0.25) is 4.98 Å². The second-order valence-corrected chi connectivity index (χ2v) is 4.45. The van der Waals surface area contributed by atoms with Crippen LogP contribution >= 0.6 is 0 Å². The third kappa shape index (κ3) is 3.59. The van der Waals surface area contributed by atoms with Gasteiger partial charge in [0.25, 0.3) is 0 Å². The van der Waals surface area contributed by atoms with E-state index < -0.39 is 6.10 Å². The molecule has 0 fully saturated rings. The SMILES string of the molecule is CC(NCC(O)c1ccccc1F)c1cccnc1. The smallest absolute Gasteiger partial charge is 0.129 e. The Morgan fingerprint density at radius 1 is 1.26 bits per heavy atom. The number of benzene rings is 1. The summed E-state index contributed by atoms with van der Waals surface area (Å²) in [6.45, 7) is 2.27. The van der Waals surface area contributed by atoms with Gasteiger partial charge < -0.3 is 10.4 Å². The van der Waals surface area contributed by atoms with Crippen LogP contribution in [0.2, 0.25) is 0 Å². The van der Waals surface area contributed by atoms with E-state index in [4.69, 9.17) is 0 Å². The first-order valence-corrected chi connectivity index (χ1v) is 6.24. The molecule has 2 unspecified atom stereocenters. The summed E-state index contributed by atoms with van der Waals surface area (Å²) in [5.41, 5.74) is 1.34. The van der Waals surface area contributed by atoms with E-state index in [-0.39, 0.29) is 18.4 Å². The molecule has 0 saturated heterocycles. The van der Waals surface area contributed by atoms with Crippen LogP contribution in [0.3, 0.4) is 0 Å². The molecule has 1 aromatic heterocycles. The average molecular weight is 260 g/mol. The van der Waals surface area contributed by atoms with E-state index in [0.717, 1.165) is 5.56 Å². The summed E-state index contributed by atoms with van der Waals surface area (Å²) in [6.07, 6.45) is 2.62. The molecule has 2 N–H and O–H groups in total. The molecule has 1 aromatic carbocycles. The second kappa shape index (κ2) is 6.41. The van der Waals surface area contributed by atoms with Gasteiger partial charge in [0.1, 0.15) is 5.82 Å². The molecule has 2 aromatic rings. The fourth-order valence-corrected chi connectivity index (χ4v) is 1.89. The summed E-state index contributed by atoms with van der Waals surface area (Å²) >= 11 is 0. The zero-order chi connectivity index (χ0) is 13.7. The Morgan fingerprint density at radius 2 is 2.05 bits per heavy atom. The molecule has 100 valence electrons. The number of aromatic nitrogens is 1. The van der Waals surface area contributed by atoms with Crippen LogP contribution in [-0.4, -0.2) is 16.6 Å². The van der Waals surface area contributed by atoms with Crippen molar-refractivity contribution in [2.45, 2.75) is 19.1 Å². The Kier molecular flexibility index (Phi) is 4.60. The number of aliphatic hydroxyl groups excluding tert-OH is 1. The van der Waals surface area contributed by atoms with Crippen LogP contribution in [0.1, 0.15) is 30.2 Å². The molecule has 2 atom stereocenters. The number of halogens is 1. The Balaban J connectivity index is 1.94. The van der Waals surface area contributed by atoms with Crippen LogP contribution < -0.4 is 5.32 Å². The molecular weight excluding hydrogens is 243 g/mol. The van der Waals surface area contributed by atoms with Crippen LogP contribution in [0.15, 0.2) is 48.8 Å². The van der Waals surface area contributed by atoms with Gasteiger partial charge >= 0.3 is 0 Å². The maximum atomic E-state index is 13.5. The molecule has 1 heterocycles. The summed E-state index contributed by atoms with van der Waals surface area (Å²) in [5, 5.41) is 13.1. The highest BCUT2D eigenvalue weighted by Gasteiger charge is 2.13. The van der Waals surface area contributed by atoms with Crippen LogP contribution in [-0.2, 0) is 0 Å². The zero-order valence-electron chi connectivity index (χ0n) is 10.8. The van der Waals surface area contributed by atoms with E-state index >= 15 is 0 Å².